The number of nitrogens with two attached hydrogens (primary N) is 1. The van der Waals surface area contributed by atoms with Crippen molar-refractivity contribution in [1.29, 1.82) is 0 Å². The van der Waals surface area contributed by atoms with E-state index in [0.717, 1.165) is 30.7 Å². The number of ether oxygens (including phenoxy) is 1. The molecule has 4 rings (SSSR count). The highest BCUT2D eigenvalue weighted by Crippen LogP contribution is 2.19. The number of benzene rings is 2. The third-order valence-electron chi connectivity index (χ3n) is 4.02. The highest BCUT2D eigenvalue weighted by atomic mass is 31.1. The van der Waals surface area contributed by atoms with Crippen LogP contribution in [0.15, 0.2) is 60.8 Å². The minimum atomic E-state index is -0.603. The van der Waals surface area contributed by atoms with Crippen LogP contribution in [0, 0.1) is 0 Å². The van der Waals surface area contributed by atoms with Crippen LogP contribution in [0.2, 0.25) is 0 Å². The summed E-state index contributed by atoms with van der Waals surface area (Å²) in [6, 6.07) is 17.1. The van der Waals surface area contributed by atoms with E-state index in [2.05, 4.69) is 14.0 Å². The summed E-state index contributed by atoms with van der Waals surface area (Å²) in [6.45, 7) is 2.14. The number of H-pyrrole nitrogens is 2. The Morgan fingerprint density at radius 3 is 2.73 bits per heavy atom. The van der Waals surface area contributed by atoms with Crippen LogP contribution in [-0.4, -0.2) is 36.9 Å². The standard InChI is InChI=1S/C13H16N2O2.C6H8N3OP3/c1-2-17-13(16)11(14)7-9-8-15-12-6-4-3-5-10(9)12;1-2-4-6(5-3-1)10-9-12-7-11-8-13-9/h3-6,8,11,15H,2,7,14H2,1H3;1-5,7,11-12H. The third-order valence-corrected chi connectivity index (χ3v) is 6.77. The van der Waals surface area contributed by atoms with E-state index in [9.17, 15) is 4.79 Å². The van der Waals surface area contributed by atoms with E-state index in [0.29, 0.717) is 30.0 Å². The minimum Gasteiger partial charge on any atom is -0.465 e. The molecule has 0 saturated heterocycles. The van der Waals surface area contributed by atoms with Crippen LogP contribution >= 0.6 is 25.5 Å². The molecule has 0 fully saturated rings. The molecule has 11 heteroatoms. The molecule has 3 atom stereocenters. The molecule has 0 bridgehead atoms. The van der Waals surface area contributed by atoms with Crippen LogP contribution in [0.25, 0.3) is 10.9 Å². The lowest BCUT2D eigenvalue weighted by atomic mass is 10.1. The molecule has 0 aliphatic carbocycles. The van der Waals surface area contributed by atoms with Crippen molar-refractivity contribution >= 4 is 42.4 Å². The number of rotatable bonds is 6. The van der Waals surface area contributed by atoms with Gasteiger partial charge in [-0.05, 0) is 30.7 Å². The van der Waals surface area contributed by atoms with Crippen molar-refractivity contribution in [3.05, 3.63) is 66.4 Å². The lowest BCUT2D eigenvalue weighted by molar-refractivity contribution is -0.144. The third kappa shape index (κ3) is 6.51. The van der Waals surface area contributed by atoms with Crippen molar-refractivity contribution < 1.29 is 14.4 Å². The number of aromatic nitrogens is 4. The van der Waals surface area contributed by atoms with Gasteiger partial charge in [0.15, 0.2) is 14.3 Å². The maximum Gasteiger partial charge on any atom is 0.323 e. The Hall–Kier alpha value is -2.49. The van der Waals surface area contributed by atoms with Crippen molar-refractivity contribution in [2.45, 2.75) is 19.4 Å². The number of nitrogens with one attached hydrogen (secondary N) is 2. The largest absolute Gasteiger partial charge is 0.465 e. The number of carbonyl (C=O) groups is 1. The van der Waals surface area contributed by atoms with Gasteiger partial charge in [-0.2, -0.15) is 4.51 Å². The number of hydrogen-bond donors (Lipinski definition) is 3. The quantitative estimate of drug-likeness (QED) is 0.367. The number of aromatic amines is 2. The SMILES string of the molecule is CCOC(=O)C(N)Cc1c[nH]c2ccccc12.c1ccc(On2pn[pH][nH][pH]2)cc1. The summed E-state index contributed by atoms with van der Waals surface area (Å²) >= 11 is 0. The topological polar surface area (TPSA) is 111 Å². The molecule has 4 aromatic rings. The van der Waals surface area contributed by atoms with Gasteiger partial charge in [0.1, 0.15) is 6.04 Å². The lowest BCUT2D eigenvalue weighted by Gasteiger charge is -2.09. The number of hydrogen-bond acceptors (Lipinski definition) is 5. The maximum atomic E-state index is 11.4. The Kier molecular flexibility index (Phi) is 8.61. The molecule has 158 valence electrons. The van der Waals surface area contributed by atoms with Crippen LogP contribution < -0.4 is 10.6 Å². The van der Waals surface area contributed by atoms with Gasteiger partial charge >= 0.3 is 5.97 Å². The Morgan fingerprint density at radius 2 is 2.00 bits per heavy atom. The molecular formula is C19H24N5O3P3. The van der Waals surface area contributed by atoms with E-state index in [1.807, 2.05) is 60.8 Å². The van der Waals surface area contributed by atoms with Gasteiger partial charge in [0.2, 0.25) is 0 Å². The number of esters is 1. The Bertz CT molecular complexity index is 1030. The molecule has 2 heterocycles. The molecule has 4 N–H and O–H groups in total. The van der Waals surface area contributed by atoms with Crippen molar-refractivity contribution in [2.75, 3.05) is 6.61 Å². The van der Waals surface area contributed by atoms with Crippen LogP contribution in [0.1, 0.15) is 12.5 Å². The zero-order chi connectivity index (χ0) is 21.2. The normalized spacial score (nSPS) is 12.1. The average molecular weight is 463 g/mol. The molecule has 2 aromatic heterocycles. The first kappa shape index (κ1) is 22.2. The molecule has 0 saturated carbocycles. The molecule has 0 aliphatic heterocycles. The highest BCUT2D eigenvalue weighted by Gasteiger charge is 2.16. The fourth-order valence-electron chi connectivity index (χ4n) is 2.68. The Morgan fingerprint density at radius 1 is 1.23 bits per heavy atom. The van der Waals surface area contributed by atoms with Gasteiger partial charge in [0.05, 0.1) is 15.1 Å². The number of carbonyl (C=O) groups excluding carboxylic acids is 1. The maximum absolute atomic E-state index is 11.4. The molecule has 3 unspecified atom stereocenters. The molecular weight excluding hydrogens is 439 g/mol. The summed E-state index contributed by atoms with van der Waals surface area (Å²) in [6.07, 6.45) is 2.38. The summed E-state index contributed by atoms with van der Waals surface area (Å²) in [5, 5.41) is 1.10. The van der Waals surface area contributed by atoms with Crippen LogP contribution in [0.3, 0.4) is 0 Å². The van der Waals surface area contributed by atoms with Gasteiger partial charge in [-0.15, -0.1) is 4.26 Å². The summed E-state index contributed by atoms with van der Waals surface area (Å²) in [4.78, 5) is 20.1. The van der Waals surface area contributed by atoms with Gasteiger partial charge in [-0.1, -0.05) is 36.4 Å². The van der Waals surface area contributed by atoms with Crippen LogP contribution in [0.5, 0.6) is 5.75 Å². The Balaban J connectivity index is 0.000000177. The first-order chi connectivity index (χ1) is 14.7. The molecule has 0 spiro atoms. The second kappa shape index (κ2) is 11.6. The number of fused-ring (bicyclic) bond motifs is 1. The van der Waals surface area contributed by atoms with Gasteiger partial charge in [-0.25, -0.2) is 0 Å². The molecule has 30 heavy (non-hydrogen) atoms. The second-order valence-corrected chi connectivity index (χ2v) is 9.71. The van der Waals surface area contributed by atoms with E-state index in [4.69, 9.17) is 15.3 Å². The number of nitrogens with zero attached hydrogens (tertiary/aromatic N) is 2. The predicted octanol–water partition coefficient (Wildman–Crippen LogP) is 4.42. The van der Waals surface area contributed by atoms with Gasteiger partial charge in [0, 0.05) is 32.0 Å². The van der Waals surface area contributed by atoms with E-state index >= 15 is 0 Å². The minimum absolute atomic E-state index is 0.349. The van der Waals surface area contributed by atoms with Crippen molar-refractivity contribution in [3.8, 4) is 5.75 Å². The second-order valence-electron chi connectivity index (χ2n) is 6.14. The van der Waals surface area contributed by atoms with Gasteiger partial charge in [0.25, 0.3) is 0 Å². The van der Waals surface area contributed by atoms with Gasteiger partial charge in [-0.3, -0.25) is 4.79 Å². The zero-order valence-corrected chi connectivity index (χ0v) is 19.3. The molecule has 0 aliphatic rings. The average Bonchev–Trinajstić information content (AvgIpc) is 3.19. The predicted molar refractivity (Wildman–Crippen MR) is 125 cm³/mol. The van der Waals surface area contributed by atoms with Crippen LogP contribution in [0.4, 0.5) is 0 Å². The zero-order valence-electron chi connectivity index (χ0n) is 16.4. The fraction of sp³-hybridized carbons (Fsp3) is 0.211. The lowest BCUT2D eigenvalue weighted by Crippen LogP contribution is -2.34. The molecule has 0 amide bonds. The van der Waals surface area contributed by atoms with E-state index in [1.54, 1.807) is 11.2 Å². The summed E-state index contributed by atoms with van der Waals surface area (Å²) in [5.74, 6) is 0.502. The molecule has 2 aromatic carbocycles. The smallest absolute Gasteiger partial charge is 0.323 e. The van der Waals surface area contributed by atoms with Crippen molar-refractivity contribution in [2.24, 2.45) is 5.73 Å². The van der Waals surface area contributed by atoms with E-state index in [-0.39, 0.29) is 5.97 Å². The highest BCUT2D eigenvalue weighted by molar-refractivity contribution is 7.44. The molecule has 8 nitrogen and oxygen atoms in total. The first-order valence-electron chi connectivity index (χ1n) is 9.34. The summed E-state index contributed by atoms with van der Waals surface area (Å²) < 4.78 is 14.0. The fourth-order valence-corrected chi connectivity index (χ4v) is 5.73. The van der Waals surface area contributed by atoms with E-state index < -0.39 is 6.04 Å². The first-order valence-corrected chi connectivity index (χ1v) is 12.0. The van der Waals surface area contributed by atoms with Crippen LogP contribution in [-0.2, 0) is 16.0 Å². The summed E-state index contributed by atoms with van der Waals surface area (Å²) in [5.41, 5.74) is 7.89. The van der Waals surface area contributed by atoms with Crippen molar-refractivity contribution in [3.63, 3.8) is 0 Å². The molecule has 0 radical (unpaired) electrons. The number of para-hydroxylation sites is 2. The van der Waals surface area contributed by atoms with E-state index in [1.165, 1.54) is 0 Å². The Labute approximate surface area is 179 Å². The van der Waals surface area contributed by atoms with Crippen molar-refractivity contribution in [1.82, 2.24) is 18.3 Å². The monoisotopic (exact) mass is 463 g/mol. The summed E-state index contributed by atoms with van der Waals surface area (Å²) in [7, 11) is 1.87. The van der Waals surface area contributed by atoms with Gasteiger partial charge < -0.3 is 24.8 Å².